The van der Waals surface area contributed by atoms with Gasteiger partial charge in [-0.1, -0.05) is 0 Å². The molecule has 20 heavy (non-hydrogen) atoms. The van der Waals surface area contributed by atoms with Gasteiger partial charge in [-0.25, -0.2) is 13.9 Å². The minimum atomic E-state index is -5.20. The smallest absolute Gasteiger partial charge is 0.459 e. The molecule has 0 bridgehead atoms. The Labute approximate surface area is 106 Å². The van der Waals surface area contributed by atoms with E-state index in [9.17, 15) is 35.5 Å². The number of carbonyl (C=O) groups is 1. The largest absolute Gasteiger partial charge is 0.492 e. The highest BCUT2D eigenvalue weighted by molar-refractivity contribution is 5.75. The number of carbonyl (C=O) groups excluding carboxylic acids is 1. The zero-order valence-corrected chi connectivity index (χ0v) is 9.39. The quantitative estimate of drug-likeness (QED) is 0.441. The number of ether oxygens (including phenoxy) is 4. The minimum absolute atomic E-state index is 0.519. The molecule has 5 nitrogen and oxygen atoms in total. The normalized spacial score (nSPS) is 29.4. The van der Waals surface area contributed by atoms with Gasteiger partial charge in [0.2, 0.25) is 0 Å². The SMILES string of the molecule is O=C(OCCCOC1(F)OC(F)(F)OC1F)C(F)(F)F. The van der Waals surface area contributed by atoms with Crippen LogP contribution in [-0.2, 0) is 23.7 Å². The second-order valence-electron chi connectivity index (χ2n) is 3.42. The van der Waals surface area contributed by atoms with Gasteiger partial charge in [-0.3, -0.25) is 4.74 Å². The van der Waals surface area contributed by atoms with E-state index in [0.717, 1.165) is 0 Å². The lowest BCUT2D eigenvalue weighted by Gasteiger charge is -2.18. The van der Waals surface area contributed by atoms with Crippen LogP contribution in [0.5, 0.6) is 0 Å². The zero-order valence-electron chi connectivity index (χ0n) is 9.39. The number of hydrogen-bond acceptors (Lipinski definition) is 5. The Morgan fingerprint density at radius 2 is 1.80 bits per heavy atom. The Morgan fingerprint density at radius 3 is 2.25 bits per heavy atom. The van der Waals surface area contributed by atoms with Gasteiger partial charge in [0.25, 0.3) is 6.36 Å². The number of alkyl halides is 7. The lowest BCUT2D eigenvalue weighted by Crippen LogP contribution is -2.36. The van der Waals surface area contributed by atoms with E-state index in [-0.39, 0.29) is 0 Å². The van der Waals surface area contributed by atoms with Crippen LogP contribution in [0.3, 0.4) is 0 Å². The minimum Gasteiger partial charge on any atom is -0.459 e. The van der Waals surface area contributed by atoms with Crippen LogP contribution >= 0.6 is 0 Å². The third kappa shape index (κ3) is 4.45. The van der Waals surface area contributed by atoms with Gasteiger partial charge in [0.05, 0.1) is 13.2 Å². The summed E-state index contributed by atoms with van der Waals surface area (Å²) in [6.07, 6.45) is -13.5. The monoisotopic (exact) mass is 316 g/mol. The number of rotatable bonds is 5. The van der Waals surface area contributed by atoms with Crippen molar-refractivity contribution in [1.82, 2.24) is 0 Å². The summed E-state index contributed by atoms with van der Waals surface area (Å²) in [5.74, 6) is -2.48. The van der Waals surface area contributed by atoms with Crippen LogP contribution in [0.2, 0.25) is 0 Å². The van der Waals surface area contributed by atoms with E-state index in [4.69, 9.17) is 0 Å². The summed E-state index contributed by atoms with van der Waals surface area (Å²) in [5.41, 5.74) is 0. The highest BCUT2D eigenvalue weighted by Crippen LogP contribution is 2.41. The topological polar surface area (TPSA) is 54.0 Å². The maximum atomic E-state index is 13.3. The van der Waals surface area contributed by atoms with E-state index < -0.39 is 50.5 Å². The molecule has 0 spiro atoms. The molecule has 0 aromatic rings. The molecule has 0 saturated carbocycles. The van der Waals surface area contributed by atoms with Crippen molar-refractivity contribution in [2.75, 3.05) is 13.2 Å². The molecule has 0 aliphatic carbocycles. The molecule has 1 fully saturated rings. The molecule has 0 N–H and O–H groups in total. The molecule has 12 heteroatoms. The summed E-state index contributed by atoms with van der Waals surface area (Å²) in [7, 11) is 0. The molecule has 118 valence electrons. The van der Waals surface area contributed by atoms with Gasteiger partial charge in [0.15, 0.2) is 0 Å². The van der Waals surface area contributed by atoms with Crippen LogP contribution in [-0.4, -0.2) is 44.1 Å². The summed E-state index contributed by atoms with van der Waals surface area (Å²) >= 11 is 0. The first-order valence-electron chi connectivity index (χ1n) is 4.93. The van der Waals surface area contributed by atoms with Crippen LogP contribution in [0.4, 0.5) is 30.7 Å². The fraction of sp³-hybridized carbons (Fsp3) is 0.875. The molecule has 2 atom stereocenters. The predicted molar refractivity (Wildman–Crippen MR) is 43.4 cm³/mol. The number of hydrogen-bond donors (Lipinski definition) is 0. The van der Waals surface area contributed by atoms with E-state index in [0.29, 0.717) is 0 Å². The lowest BCUT2D eigenvalue weighted by molar-refractivity contribution is -0.408. The Kier molecular flexibility index (Phi) is 4.82. The molecule has 1 rings (SSSR count). The van der Waals surface area contributed by atoms with Crippen LogP contribution in [0, 0.1) is 0 Å². The third-order valence-corrected chi connectivity index (χ3v) is 1.82. The average Bonchev–Trinajstić information content (AvgIpc) is 2.45. The molecule has 0 amide bonds. The van der Waals surface area contributed by atoms with Gasteiger partial charge in [-0.2, -0.15) is 17.6 Å². The summed E-state index contributed by atoms with van der Waals surface area (Å²) < 4.78 is 99.6. The standard InChI is InChI=1S/C8H7F7O5/c9-4-7(13,20-8(14,15)19-4)18-3-1-2-17-5(16)6(10,11)12/h4H,1-3H2. The van der Waals surface area contributed by atoms with Crippen LogP contribution in [0.25, 0.3) is 0 Å². The summed E-state index contributed by atoms with van der Waals surface area (Å²) in [6.45, 7) is -1.70. The first kappa shape index (κ1) is 16.9. The fourth-order valence-electron chi connectivity index (χ4n) is 1.04. The van der Waals surface area contributed by atoms with Crippen molar-refractivity contribution < 1.29 is 54.5 Å². The van der Waals surface area contributed by atoms with Crippen molar-refractivity contribution in [3.05, 3.63) is 0 Å². The van der Waals surface area contributed by atoms with Crippen molar-refractivity contribution >= 4 is 5.97 Å². The second-order valence-corrected chi connectivity index (χ2v) is 3.42. The van der Waals surface area contributed by atoms with Crippen molar-refractivity contribution in [3.63, 3.8) is 0 Å². The van der Waals surface area contributed by atoms with Gasteiger partial charge in [0, 0.05) is 6.42 Å². The molecule has 1 saturated heterocycles. The average molecular weight is 316 g/mol. The van der Waals surface area contributed by atoms with Crippen LogP contribution < -0.4 is 0 Å². The molecule has 1 aliphatic rings. The molecule has 0 aromatic heterocycles. The van der Waals surface area contributed by atoms with Gasteiger partial charge in [0.1, 0.15) is 0 Å². The van der Waals surface area contributed by atoms with E-state index >= 15 is 0 Å². The molecule has 1 heterocycles. The second kappa shape index (κ2) is 5.69. The Balaban J connectivity index is 2.27. The fourth-order valence-corrected chi connectivity index (χ4v) is 1.04. The molecule has 1 aliphatic heterocycles. The van der Waals surface area contributed by atoms with E-state index in [1.165, 1.54) is 0 Å². The summed E-state index contributed by atoms with van der Waals surface area (Å²) in [4.78, 5) is 10.2. The summed E-state index contributed by atoms with van der Waals surface area (Å²) in [5, 5.41) is 0. The highest BCUT2D eigenvalue weighted by Gasteiger charge is 2.63. The van der Waals surface area contributed by atoms with E-state index in [1.54, 1.807) is 0 Å². The van der Waals surface area contributed by atoms with Crippen molar-refractivity contribution in [3.8, 4) is 0 Å². The predicted octanol–water partition coefficient (Wildman–Crippen LogP) is 2.01. The number of halogens is 7. The molecule has 0 aromatic carbocycles. The van der Waals surface area contributed by atoms with Crippen LogP contribution in [0.1, 0.15) is 6.42 Å². The third-order valence-electron chi connectivity index (χ3n) is 1.82. The maximum absolute atomic E-state index is 13.3. The Bertz CT molecular complexity index is 360. The van der Waals surface area contributed by atoms with E-state index in [1.807, 2.05) is 0 Å². The molecule has 0 radical (unpaired) electrons. The van der Waals surface area contributed by atoms with Gasteiger partial charge < -0.3 is 9.47 Å². The lowest BCUT2D eigenvalue weighted by atomic mass is 10.5. The maximum Gasteiger partial charge on any atom is 0.492 e. The van der Waals surface area contributed by atoms with E-state index in [2.05, 4.69) is 18.9 Å². The van der Waals surface area contributed by atoms with Crippen molar-refractivity contribution in [2.24, 2.45) is 0 Å². The van der Waals surface area contributed by atoms with Crippen molar-refractivity contribution in [1.29, 1.82) is 0 Å². The Morgan fingerprint density at radius 1 is 1.20 bits per heavy atom. The number of esters is 1. The Hall–Kier alpha value is -1.14. The van der Waals surface area contributed by atoms with Gasteiger partial charge >= 0.3 is 24.5 Å². The molecular formula is C8H7F7O5. The van der Waals surface area contributed by atoms with Crippen molar-refractivity contribution in [2.45, 2.75) is 31.3 Å². The highest BCUT2D eigenvalue weighted by atomic mass is 19.4. The first-order valence-corrected chi connectivity index (χ1v) is 4.93. The zero-order chi connectivity index (χ0) is 15.6. The molecule has 2 unspecified atom stereocenters. The molecular weight excluding hydrogens is 309 g/mol. The van der Waals surface area contributed by atoms with Gasteiger partial charge in [-0.15, -0.1) is 8.78 Å². The first-order chi connectivity index (χ1) is 8.96. The van der Waals surface area contributed by atoms with Crippen LogP contribution in [0.15, 0.2) is 0 Å². The summed E-state index contributed by atoms with van der Waals surface area (Å²) in [6, 6.07) is -3.89. The van der Waals surface area contributed by atoms with Gasteiger partial charge in [-0.05, 0) is 0 Å².